The maximum Gasteiger partial charge on any atom is 0.421 e. The van der Waals surface area contributed by atoms with Gasteiger partial charge in [-0.3, -0.25) is 4.90 Å². The average molecular weight is 665 g/mol. The second-order valence-corrected chi connectivity index (χ2v) is 12.2. The van der Waals surface area contributed by atoms with Gasteiger partial charge in [0.1, 0.15) is 11.4 Å². The Balaban J connectivity index is 1.16. The molecule has 2 aliphatic rings. The fourth-order valence-corrected chi connectivity index (χ4v) is 5.91. The maximum atomic E-state index is 13.7. The normalized spacial score (nSPS) is 18.8. The standard InChI is InChI=1S/C32H35F3N10O3/c1-31(47)18-44(19-31)26-25(32(33,34)35)17-36-27(43-26)42-23-8-10-24(11-9-23)45(30(46)41-12-20-6-4-3-5-7-20)28-37-13-21(14-38-28)22-15-39-29(48-2)40-16-22/h3-7,13-17,23-24,47H,8-12,18-19H2,1-2H3,(H,41,46)(H,36,42,43)/t23-,24-. The molecule has 0 bridgehead atoms. The summed E-state index contributed by atoms with van der Waals surface area (Å²) in [6.07, 6.45) is 4.86. The van der Waals surface area contributed by atoms with E-state index in [1.54, 1.807) is 36.6 Å². The zero-order chi connectivity index (χ0) is 33.9. The van der Waals surface area contributed by atoms with Gasteiger partial charge >= 0.3 is 18.2 Å². The van der Waals surface area contributed by atoms with E-state index in [1.807, 2.05) is 30.3 Å². The van der Waals surface area contributed by atoms with Crippen molar-refractivity contribution in [2.24, 2.45) is 0 Å². The summed E-state index contributed by atoms with van der Waals surface area (Å²) in [5.41, 5.74) is 0.258. The van der Waals surface area contributed by atoms with E-state index >= 15 is 0 Å². The first-order chi connectivity index (χ1) is 23.0. The number of hydrogen-bond donors (Lipinski definition) is 3. The highest BCUT2D eigenvalue weighted by molar-refractivity contribution is 5.90. The molecule has 13 nitrogen and oxygen atoms in total. The van der Waals surface area contributed by atoms with E-state index in [0.717, 1.165) is 11.8 Å². The molecule has 1 saturated heterocycles. The minimum Gasteiger partial charge on any atom is -0.467 e. The Morgan fingerprint density at radius 3 is 2.19 bits per heavy atom. The first kappa shape index (κ1) is 32.8. The molecule has 1 aliphatic heterocycles. The molecule has 1 aliphatic carbocycles. The third kappa shape index (κ3) is 7.54. The molecule has 0 spiro atoms. The number of methoxy groups -OCH3 is 1. The predicted octanol–water partition coefficient (Wildman–Crippen LogP) is 4.46. The average Bonchev–Trinajstić information content (AvgIpc) is 3.07. The van der Waals surface area contributed by atoms with Crippen LogP contribution in [0, 0.1) is 0 Å². The lowest BCUT2D eigenvalue weighted by atomic mass is 9.90. The van der Waals surface area contributed by atoms with Crippen LogP contribution in [-0.4, -0.2) is 78.9 Å². The van der Waals surface area contributed by atoms with Gasteiger partial charge in [0.2, 0.25) is 11.9 Å². The number of alkyl halides is 3. The van der Waals surface area contributed by atoms with Crippen molar-refractivity contribution < 1.29 is 27.8 Å². The Morgan fingerprint density at radius 2 is 1.60 bits per heavy atom. The van der Waals surface area contributed by atoms with Crippen LogP contribution in [0.2, 0.25) is 0 Å². The number of hydrogen-bond acceptors (Lipinski definition) is 11. The van der Waals surface area contributed by atoms with Crippen molar-refractivity contribution in [1.82, 2.24) is 35.2 Å². The second-order valence-electron chi connectivity index (χ2n) is 12.2. The quantitative estimate of drug-likeness (QED) is 0.232. The summed E-state index contributed by atoms with van der Waals surface area (Å²) in [5.74, 6) is 0.0476. The van der Waals surface area contributed by atoms with E-state index in [2.05, 4.69) is 40.5 Å². The molecule has 48 heavy (non-hydrogen) atoms. The highest BCUT2D eigenvalue weighted by Crippen LogP contribution is 2.39. The number of aliphatic hydroxyl groups is 1. The van der Waals surface area contributed by atoms with E-state index in [1.165, 1.54) is 12.0 Å². The second kappa shape index (κ2) is 13.5. The molecule has 3 N–H and O–H groups in total. The van der Waals surface area contributed by atoms with E-state index < -0.39 is 17.3 Å². The van der Waals surface area contributed by atoms with Gasteiger partial charge in [-0.1, -0.05) is 30.3 Å². The van der Waals surface area contributed by atoms with Crippen molar-refractivity contribution in [3.63, 3.8) is 0 Å². The van der Waals surface area contributed by atoms with Crippen LogP contribution in [0.3, 0.4) is 0 Å². The number of amides is 2. The summed E-state index contributed by atoms with van der Waals surface area (Å²) < 4.78 is 46.2. The summed E-state index contributed by atoms with van der Waals surface area (Å²) in [5, 5.41) is 16.3. The molecule has 6 rings (SSSR count). The molecule has 4 heterocycles. The van der Waals surface area contributed by atoms with Crippen molar-refractivity contribution in [3.8, 4) is 17.1 Å². The van der Waals surface area contributed by atoms with Crippen LogP contribution in [0.15, 0.2) is 61.3 Å². The number of ether oxygens (including phenoxy) is 1. The number of β-amino-alcohol motifs (C(OH)–C–C–N with tert-alkyl or cyclic N) is 1. The SMILES string of the molecule is COc1ncc(-c2cnc(N(C(=O)NCc3ccccc3)[C@H]3CC[C@H](Nc4ncc(C(F)(F)F)c(N5CC(C)(O)C5)n4)CC3)nc2)cn1. The van der Waals surface area contributed by atoms with Crippen molar-refractivity contribution in [3.05, 3.63) is 72.4 Å². The fraction of sp³-hybridized carbons (Fsp3) is 0.406. The van der Waals surface area contributed by atoms with Crippen LogP contribution in [0.5, 0.6) is 6.01 Å². The highest BCUT2D eigenvalue weighted by Gasteiger charge is 2.43. The molecule has 16 heteroatoms. The van der Waals surface area contributed by atoms with Crippen LogP contribution < -0.4 is 25.2 Å². The Morgan fingerprint density at radius 1 is 0.979 bits per heavy atom. The van der Waals surface area contributed by atoms with E-state index in [0.29, 0.717) is 43.4 Å². The van der Waals surface area contributed by atoms with Gasteiger partial charge in [-0.2, -0.15) is 18.2 Å². The molecule has 252 valence electrons. The number of benzene rings is 1. The van der Waals surface area contributed by atoms with Crippen molar-refractivity contribution >= 4 is 23.7 Å². The number of anilines is 3. The number of urea groups is 1. The van der Waals surface area contributed by atoms with Gasteiger partial charge < -0.3 is 25.4 Å². The molecular formula is C32H35F3N10O3. The number of aromatic nitrogens is 6. The molecule has 2 fully saturated rings. The van der Waals surface area contributed by atoms with E-state index in [4.69, 9.17) is 4.74 Å². The smallest absolute Gasteiger partial charge is 0.421 e. The number of carbonyl (C=O) groups excluding carboxylic acids is 1. The Kier molecular flexibility index (Phi) is 9.26. The van der Waals surface area contributed by atoms with Crippen LogP contribution >= 0.6 is 0 Å². The number of nitrogens with zero attached hydrogens (tertiary/aromatic N) is 8. The van der Waals surface area contributed by atoms with Gasteiger partial charge in [-0.25, -0.2) is 29.7 Å². The molecule has 1 aromatic carbocycles. The zero-order valence-corrected chi connectivity index (χ0v) is 26.4. The van der Waals surface area contributed by atoms with Crippen LogP contribution in [0.4, 0.5) is 35.7 Å². The predicted molar refractivity (Wildman–Crippen MR) is 170 cm³/mol. The number of rotatable bonds is 9. The van der Waals surface area contributed by atoms with Gasteiger partial charge in [0, 0.05) is 73.8 Å². The summed E-state index contributed by atoms with van der Waals surface area (Å²) in [4.78, 5) is 42.1. The summed E-state index contributed by atoms with van der Waals surface area (Å²) in [7, 11) is 1.48. The van der Waals surface area contributed by atoms with Gasteiger partial charge in [0.25, 0.3) is 0 Å². The molecule has 1 saturated carbocycles. The maximum absolute atomic E-state index is 13.7. The van der Waals surface area contributed by atoms with Crippen molar-refractivity contribution in [1.29, 1.82) is 0 Å². The Labute approximate surface area is 274 Å². The van der Waals surface area contributed by atoms with Crippen molar-refractivity contribution in [2.45, 2.75) is 63.0 Å². The molecule has 0 atom stereocenters. The molecule has 0 radical (unpaired) electrons. The first-order valence-corrected chi connectivity index (χ1v) is 15.5. The minimum absolute atomic E-state index is 0.0384. The molecular weight excluding hydrogens is 629 g/mol. The lowest BCUT2D eigenvalue weighted by Crippen LogP contribution is -2.60. The monoisotopic (exact) mass is 664 g/mol. The van der Waals surface area contributed by atoms with Gasteiger partial charge in [0.15, 0.2) is 0 Å². The number of halogens is 3. The van der Waals surface area contributed by atoms with Crippen LogP contribution in [-0.2, 0) is 12.7 Å². The topological polar surface area (TPSA) is 154 Å². The molecule has 4 aromatic rings. The Hall–Kier alpha value is -5.12. The van der Waals surface area contributed by atoms with Gasteiger partial charge in [0.05, 0.1) is 12.7 Å². The fourth-order valence-electron chi connectivity index (χ4n) is 5.91. The van der Waals surface area contributed by atoms with E-state index in [9.17, 15) is 23.1 Å². The lowest BCUT2D eigenvalue weighted by molar-refractivity contribution is -0.137. The number of nitrogens with one attached hydrogen (secondary N) is 2. The summed E-state index contributed by atoms with van der Waals surface area (Å²) >= 11 is 0. The largest absolute Gasteiger partial charge is 0.467 e. The van der Waals surface area contributed by atoms with E-state index in [-0.39, 0.29) is 54.9 Å². The summed E-state index contributed by atoms with van der Waals surface area (Å²) in [6, 6.07) is 9.03. The zero-order valence-electron chi connectivity index (χ0n) is 26.4. The van der Waals surface area contributed by atoms with Gasteiger partial charge in [-0.15, -0.1) is 0 Å². The van der Waals surface area contributed by atoms with Crippen LogP contribution in [0.25, 0.3) is 11.1 Å². The Bertz CT molecular complexity index is 1690. The third-order valence-electron chi connectivity index (χ3n) is 8.33. The molecule has 2 amide bonds. The summed E-state index contributed by atoms with van der Waals surface area (Å²) in [6.45, 7) is 1.96. The molecule has 3 aromatic heterocycles. The molecule has 0 unspecified atom stereocenters. The minimum atomic E-state index is -4.64. The number of carbonyl (C=O) groups is 1. The first-order valence-electron chi connectivity index (χ1n) is 15.5. The lowest BCUT2D eigenvalue weighted by Gasteiger charge is -2.45. The third-order valence-corrected chi connectivity index (χ3v) is 8.33. The van der Waals surface area contributed by atoms with Gasteiger partial charge in [-0.05, 0) is 38.2 Å². The van der Waals surface area contributed by atoms with Crippen LogP contribution in [0.1, 0.15) is 43.7 Å². The van der Waals surface area contributed by atoms with Crippen molar-refractivity contribution in [2.75, 3.05) is 35.3 Å². The highest BCUT2D eigenvalue weighted by atomic mass is 19.4.